The number of aromatic nitrogens is 2. The number of H-pyrrole nitrogens is 2. The van der Waals surface area contributed by atoms with Crippen molar-refractivity contribution in [3.63, 3.8) is 0 Å². The van der Waals surface area contributed by atoms with Crippen molar-refractivity contribution in [3.8, 4) is 0 Å². The molecule has 21 heavy (non-hydrogen) atoms. The number of hydrogen-bond donors (Lipinski definition) is 2. The van der Waals surface area contributed by atoms with Crippen molar-refractivity contribution in [2.75, 3.05) is 0 Å². The summed E-state index contributed by atoms with van der Waals surface area (Å²) in [6.45, 7) is 0. The normalized spacial score (nSPS) is 12.8. The molecule has 3 nitrogen and oxygen atoms in total. The molecule has 0 aliphatic rings. The van der Waals surface area contributed by atoms with Crippen LogP contribution in [-0.2, 0) is 0 Å². The Hall–Kier alpha value is -0.750. The van der Waals surface area contributed by atoms with Crippen LogP contribution in [0.3, 0.4) is 0 Å². The minimum absolute atomic E-state index is 0.152. The second kappa shape index (κ2) is 5.80. The van der Waals surface area contributed by atoms with Crippen molar-refractivity contribution in [2.45, 2.75) is 4.83 Å². The molecule has 2 aromatic carbocycles. The summed E-state index contributed by atoms with van der Waals surface area (Å²) in [5.74, 6) is 0. The van der Waals surface area contributed by atoms with Crippen molar-refractivity contribution >= 4 is 66.1 Å². The van der Waals surface area contributed by atoms with Gasteiger partial charge in [-0.15, -0.1) is 0 Å². The lowest BCUT2D eigenvalue weighted by Crippen LogP contribution is -1.99. The number of alkyl halides is 1. The molecular weight excluding hydrogens is 443 g/mol. The molecule has 3 aromatic rings. The third kappa shape index (κ3) is 2.80. The molecule has 1 aromatic heterocycles. The predicted octanol–water partition coefficient (Wildman–Crippen LogP) is 5.41. The van der Waals surface area contributed by atoms with Crippen LogP contribution in [0.15, 0.2) is 39.6 Å². The lowest BCUT2D eigenvalue weighted by molar-refractivity contribution is 1.17. The van der Waals surface area contributed by atoms with Crippen LogP contribution in [0.1, 0.15) is 16.0 Å². The van der Waals surface area contributed by atoms with Crippen LogP contribution in [0.25, 0.3) is 11.0 Å². The first-order valence-electron chi connectivity index (χ1n) is 5.97. The minimum atomic E-state index is -0.235. The van der Waals surface area contributed by atoms with E-state index in [-0.39, 0.29) is 10.5 Å². The monoisotopic (exact) mass is 448 g/mol. The van der Waals surface area contributed by atoms with E-state index in [4.69, 9.17) is 23.2 Å². The fraction of sp³-hybridized carbons (Fsp3) is 0.0714. The molecule has 0 aliphatic carbocycles. The van der Waals surface area contributed by atoms with Crippen molar-refractivity contribution in [1.82, 2.24) is 9.97 Å². The van der Waals surface area contributed by atoms with Crippen molar-refractivity contribution in [1.29, 1.82) is 0 Å². The molecule has 0 radical (unpaired) electrons. The Morgan fingerprint density at radius 2 is 1.71 bits per heavy atom. The van der Waals surface area contributed by atoms with E-state index in [1.807, 2.05) is 24.3 Å². The van der Waals surface area contributed by atoms with Gasteiger partial charge in [-0.25, -0.2) is 4.79 Å². The number of hydrogen-bond acceptors (Lipinski definition) is 1. The van der Waals surface area contributed by atoms with Crippen LogP contribution in [0, 0.1) is 0 Å². The SMILES string of the molecule is O=c1[nH]c2cc(Br)c(C(Br)c3cccc(Cl)c3Cl)cc2[nH]1. The van der Waals surface area contributed by atoms with E-state index >= 15 is 0 Å². The largest absolute Gasteiger partial charge is 0.323 e. The highest BCUT2D eigenvalue weighted by Gasteiger charge is 2.19. The van der Waals surface area contributed by atoms with Gasteiger partial charge in [0.2, 0.25) is 0 Å². The number of rotatable bonds is 2. The Morgan fingerprint density at radius 1 is 1.05 bits per heavy atom. The van der Waals surface area contributed by atoms with Gasteiger partial charge in [-0.3, -0.25) is 0 Å². The zero-order chi connectivity index (χ0) is 15.1. The first kappa shape index (κ1) is 15.2. The first-order valence-corrected chi connectivity index (χ1v) is 8.43. The molecule has 2 N–H and O–H groups in total. The molecule has 0 bridgehead atoms. The average Bonchev–Trinajstić information content (AvgIpc) is 2.79. The lowest BCUT2D eigenvalue weighted by Gasteiger charge is -2.15. The van der Waals surface area contributed by atoms with E-state index in [1.165, 1.54) is 0 Å². The number of imidazole rings is 1. The van der Waals surface area contributed by atoms with Gasteiger partial charge >= 0.3 is 5.69 Å². The number of benzene rings is 2. The lowest BCUT2D eigenvalue weighted by atomic mass is 10.0. The molecule has 3 rings (SSSR count). The summed E-state index contributed by atoms with van der Waals surface area (Å²) in [4.78, 5) is 16.7. The van der Waals surface area contributed by atoms with Crippen LogP contribution in [-0.4, -0.2) is 9.97 Å². The van der Waals surface area contributed by atoms with Gasteiger partial charge in [0.1, 0.15) is 0 Å². The van der Waals surface area contributed by atoms with Crippen LogP contribution in [0.5, 0.6) is 0 Å². The smallest absolute Gasteiger partial charge is 0.306 e. The van der Waals surface area contributed by atoms with Crippen LogP contribution >= 0.6 is 55.1 Å². The maximum atomic E-state index is 11.4. The zero-order valence-corrected chi connectivity index (χ0v) is 15.1. The standard InChI is InChI=1S/C14H8Br2Cl2N2O/c15-8-5-11-10(19-14(21)20-11)4-7(8)12(16)6-2-1-3-9(17)13(6)18/h1-5,12H,(H2,19,20,21). The van der Waals surface area contributed by atoms with Crippen LogP contribution in [0.4, 0.5) is 0 Å². The Bertz CT molecular complexity index is 888. The Morgan fingerprint density at radius 3 is 2.43 bits per heavy atom. The predicted molar refractivity (Wildman–Crippen MR) is 93.9 cm³/mol. The van der Waals surface area contributed by atoms with E-state index in [0.29, 0.717) is 10.0 Å². The quantitative estimate of drug-likeness (QED) is 0.504. The molecule has 1 unspecified atom stereocenters. The second-order valence-corrected chi connectivity index (χ2v) is 7.06. The molecule has 1 heterocycles. The summed E-state index contributed by atoms with van der Waals surface area (Å²) in [6, 6.07) is 9.25. The highest BCUT2D eigenvalue weighted by Crippen LogP contribution is 2.41. The van der Waals surface area contributed by atoms with Gasteiger partial charge < -0.3 is 9.97 Å². The van der Waals surface area contributed by atoms with E-state index in [0.717, 1.165) is 26.6 Å². The maximum Gasteiger partial charge on any atom is 0.323 e. The molecule has 0 spiro atoms. The van der Waals surface area contributed by atoms with Crippen molar-refractivity contribution in [2.24, 2.45) is 0 Å². The molecule has 0 amide bonds. The summed E-state index contributed by atoms with van der Waals surface area (Å²) in [5.41, 5.74) is 3.05. The van der Waals surface area contributed by atoms with Crippen LogP contribution in [0.2, 0.25) is 10.0 Å². The zero-order valence-electron chi connectivity index (χ0n) is 10.4. The van der Waals surface area contributed by atoms with Crippen molar-refractivity contribution in [3.05, 3.63) is 66.5 Å². The summed E-state index contributed by atoms with van der Waals surface area (Å²) in [5, 5.41) is 1.02. The van der Waals surface area contributed by atoms with Gasteiger partial charge in [0.15, 0.2) is 0 Å². The van der Waals surface area contributed by atoms with Gasteiger partial charge in [0, 0.05) is 4.47 Å². The van der Waals surface area contributed by atoms with Gasteiger partial charge in [-0.05, 0) is 29.3 Å². The third-order valence-corrected chi connectivity index (χ3v) is 5.67. The van der Waals surface area contributed by atoms with E-state index in [9.17, 15) is 4.79 Å². The van der Waals surface area contributed by atoms with E-state index in [1.54, 1.807) is 6.07 Å². The molecule has 0 saturated heterocycles. The fourth-order valence-corrected chi connectivity index (χ4v) is 4.34. The minimum Gasteiger partial charge on any atom is -0.306 e. The van der Waals surface area contributed by atoms with E-state index in [2.05, 4.69) is 41.8 Å². The van der Waals surface area contributed by atoms with Gasteiger partial charge in [0.25, 0.3) is 0 Å². The average molecular weight is 451 g/mol. The number of aromatic amines is 2. The Balaban J connectivity index is 2.16. The first-order chi connectivity index (χ1) is 9.97. The third-order valence-electron chi connectivity index (χ3n) is 3.16. The van der Waals surface area contributed by atoms with Crippen molar-refractivity contribution < 1.29 is 0 Å². The number of nitrogens with one attached hydrogen (secondary N) is 2. The maximum absolute atomic E-state index is 11.4. The molecule has 0 saturated carbocycles. The van der Waals surface area contributed by atoms with Gasteiger partial charge in [-0.2, -0.15) is 0 Å². The summed E-state index contributed by atoms with van der Waals surface area (Å²) in [7, 11) is 0. The molecule has 7 heteroatoms. The summed E-state index contributed by atoms with van der Waals surface area (Å²) >= 11 is 19.5. The van der Waals surface area contributed by atoms with Crippen LogP contribution < -0.4 is 5.69 Å². The second-order valence-electron chi connectivity index (χ2n) is 4.50. The number of halogens is 4. The number of fused-ring (bicyclic) bond motifs is 1. The van der Waals surface area contributed by atoms with Gasteiger partial charge in [-0.1, -0.05) is 67.2 Å². The Kier molecular flexibility index (Phi) is 4.19. The molecule has 0 aliphatic heterocycles. The molecule has 1 atom stereocenters. The molecule has 108 valence electrons. The topological polar surface area (TPSA) is 48.6 Å². The summed E-state index contributed by atoms with van der Waals surface area (Å²) < 4.78 is 0.864. The van der Waals surface area contributed by atoms with Gasteiger partial charge in [0.05, 0.1) is 25.9 Å². The fourth-order valence-electron chi connectivity index (χ4n) is 2.15. The Labute approximate surface area is 146 Å². The highest BCUT2D eigenvalue weighted by atomic mass is 79.9. The summed E-state index contributed by atoms with van der Waals surface area (Å²) in [6.07, 6.45) is 0. The van der Waals surface area contributed by atoms with E-state index < -0.39 is 0 Å². The molecular formula is C14H8Br2Cl2N2O. The highest BCUT2D eigenvalue weighted by molar-refractivity contribution is 9.11. The molecule has 0 fully saturated rings.